The molecule has 0 radical (unpaired) electrons. The predicted octanol–water partition coefficient (Wildman–Crippen LogP) is 0.452. The lowest BCUT2D eigenvalue weighted by atomic mass is 10.2. The van der Waals surface area contributed by atoms with E-state index in [1.54, 1.807) is 4.90 Å². The summed E-state index contributed by atoms with van der Waals surface area (Å²) in [4.78, 5) is 39.7. The Balaban J connectivity index is 1.49. The van der Waals surface area contributed by atoms with Crippen LogP contribution in [0, 0.1) is 0 Å². The van der Waals surface area contributed by atoms with Gasteiger partial charge in [0, 0.05) is 38.6 Å². The van der Waals surface area contributed by atoms with Crippen molar-refractivity contribution in [2.24, 2.45) is 0 Å². The lowest BCUT2D eigenvalue weighted by Crippen LogP contribution is -2.47. The van der Waals surface area contributed by atoms with Gasteiger partial charge in [-0.15, -0.1) is 0 Å². The molecule has 128 valence electrons. The Morgan fingerprint density at radius 2 is 1.65 bits per heavy atom. The van der Waals surface area contributed by atoms with E-state index in [2.05, 4.69) is 10.6 Å². The quantitative estimate of drug-likeness (QED) is 0.774. The molecule has 2 N–H and O–H groups in total. The second kappa shape index (κ2) is 7.19. The van der Waals surface area contributed by atoms with E-state index in [0.29, 0.717) is 45.1 Å². The van der Waals surface area contributed by atoms with Crippen molar-refractivity contribution in [1.29, 1.82) is 0 Å². The molecule has 0 spiro atoms. The minimum atomic E-state index is -0.374. The predicted molar refractivity (Wildman–Crippen MR) is 84.7 cm³/mol. The van der Waals surface area contributed by atoms with Crippen LogP contribution in [-0.4, -0.2) is 65.9 Å². The summed E-state index contributed by atoms with van der Waals surface area (Å²) in [5.41, 5.74) is 0. The lowest BCUT2D eigenvalue weighted by molar-refractivity contribution is -0.134. The molecule has 0 bridgehead atoms. The molecule has 7 heteroatoms. The van der Waals surface area contributed by atoms with Gasteiger partial charge in [-0.2, -0.15) is 0 Å². The number of nitrogens with one attached hydrogen (secondary N) is 2. The molecule has 3 rings (SSSR count). The molecular weight excluding hydrogens is 296 g/mol. The summed E-state index contributed by atoms with van der Waals surface area (Å²) < 4.78 is 0. The van der Waals surface area contributed by atoms with Crippen LogP contribution in [0.2, 0.25) is 0 Å². The Morgan fingerprint density at radius 1 is 0.957 bits per heavy atom. The van der Waals surface area contributed by atoms with Crippen molar-refractivity contribution < 1.29 is 14.4 Å². The van der Waals surface area contributed by atoms with E-state index in [4.69, 9.17) is 0 Å². The Bertz CT molecular complexity index is 476. The zero-order chi connectivity index (χ0) is 16.2. The molecule has 1 atom stereocenters. The maximum atomic E-state index is 12.4. The number of urea groups is 1. The van der Waals surface area contributed by atoms with Crippen LogP contribution in [0.25, 0.3) is 0 Å². The van der Waals surface area contributed by atoms with Crippen LogP contribution in [0.5, 0.6) is 0 Å². The molecule has 1 unspecified atom stereocenters. The first-order chi connectivity index (χ1) is 11.1. The van der Waals surface area contributed by atoms with E-state index < -0.39 is 0 Å². The van der Waals surface area contributed by atoms with Crippen LogP contribution in [0.4, 0.5) is 4.79 Å². The van der Waals surface area contributed by atoms with E-state index in [0.717, 1.165) is 19.3 Å². The molecule has 2 saturated heterocycles. The van der Waals surface area contributed by atoms with Gasteiger partial charge in [0.1, 0.15) is 6.04 Å². The molecule has 3 aliphatic rings. The van der Waals surface area contributed by atoms with Gasteiger partial charge in [0.25, 0.3) is 0 Å². The van der Waals surface area contributed by atoms with E-state index in [-0.39, 0.29) is 23.9 Å². The van der Waals surface area contributed by atoms with Crippen LogP contribution < -0.4 is 10.6 Å². The monoisotopic (exact) mass is 322 g/mol. The van der Waals surface area contributed by atoms with Gasteiger partial charge >= 0.3 is 6.03 Å². The molecule has 23 heavy (non-hydrogen) atoms. The summed E-state index contributed by atoms with van der Waals surface area (Å²) in [6, 6.07) is -0.0566. The SMILES string of the molecule is O=C1CCC(C(=O)N2CCCN(C(=O)NC3CCCC3)CC2)N1. The van der Waals surface area contributed by atoms with E-state index in [1.165, 1.54) is 12.8 Å². The molecule has 4 amide bonds. The van der Waals surface area contributed by atoms with Crippen molar-refractivity contribution in [3.05, 3.63) is 0 Å². The van der Waals surface area contributed by atoms with Crippen LogP contribution in [-0.2, 0) is 9.59 Å². The summed E-state index contributed by atoms with van der Waals surface area (Å²) >= 11 is 0. The molecular formula is C16H26N4O3. The number of nitrogens with zero attached hydrogens (tertiary/aromatic N) is 2. The molecule has 1 saturated carbocycles. The molecule has 0 aromatic heterocycles. The summed E-state index contributed by atoms with van der Waals surface area (Å²) in [5.74, 6) is -0.0513. The molecule has 3 fully saturated rings. The molecule has 1 aliphatic carbocycles. The summed E-state index contributed by atoms with van der Waals surface area (Å²) in [5, 5.41) is 5.84. The van der Waals surface area contributed by atoms with Gasteiger partial charge in [0.2, 0.25) is 11.8 Å². The molecule has 2 heterocycles. The first kappa shape index (κ1) is 16.1. The second-order valence-corrected chi connectivity index (χ2v) is 6.76. The summed E-state index contributed by atoms with van der Waals surface area (Å²) in [6.45, 7) is 2.44. The summed E-state index contributed by atoms with van der Waals surface area (Å²) in [7, 11) is 0. The van der Waals surface area contributed by atoms with Gasteiger partial charge in [0.15, 0.2) is 0 Å². The standard InChI is InChI=1S/C16H26N4O3/c21-14-7-6-13(18-14)15(22)19-8-3-9-20(11-10-19)16(23)17-12-4-1-2-5-12/h12-13H,1-11H2,(H,17,23)(H,18,21). The highest BCUT2D eigenvalue weighted by Crippen LogP contribution is 2.18. The van der Waals surface area contributed by atoms with Gasteiger partial charge in [-0.05, 0) is 25.7 Å². The number of carbonyl (C=O) groups is 3. The number of hydrogen-bond donors (Lipinski definition) is 2. The van der Waals surface area contributed by atoms with Crippen LogP contribution in [0.3, 0.4) is 0 Å². The third-order valence-corrected chi connectivity index (χ3v) is 5.07. The van der Waals surface area contributed by atoms with Crippen LogP contribution >= 0.6 is 0 Å². The average Bonchev–Trinajstić information content (AvgIpc) is 3.12. The molecule has 0 aromatic rings. The Hall–Kier alpha value is -1.79. The molecule has 2 aliphatic heterocycles. The fourth-order valence-corrected chi connectivity index (χ4v) is 3.70. The largest absolute Gasteiger partial charge is 0.344 e. The Morgan fingerprint density at radius 3 is 2.35 bits per heavy atom. The number of rotatable bonds is 2. The van der Waals surface area contributed by atoms with Gasteiger partial charge in [-0.1, -0.05) is 12.8 Å². The zero-order valence-corrected chi connectivity index (χ0v) is 13.6. The van der Waals surface area contributed by atoms with Gasteiger partial charge in [-0.3, -0.25) is 9.59 Å². The van der Waals surface area contributed by atoms with Crippen molar-refractivity contribution in [2.75, 3.05) is 26.2 Å². The fraction of sp³-hybridized carbons (Fsp3) is 0.812. The second-order valence-electron chi connectivity index (χ2n) is 6.76. The minimum absolute atomic E-state index is 0.000341. The topological polar surface area (TPSA) is 81.8 Å². The highest BCUT2D eigenvalue weighted by atomic mass is 16.2. The zero-order valence-electron chi connectivity index (χ0n) is 13.6. The minimum Gasteiger partial charge on any atom is -0.344 e. The number of hydrogen-bond acceptors (Lipinski definition) is 3. The van der Waals surface area contributed by atoms with Gasteiger partial charge in [-0.25, -0.2) is 4.79 Å². The first-order valence-corrected chi connectivity index (χ1v) is 8.77. The highest BCUT2D eigenvalue weighted by molar-refractivity contribution is 5.90. The summed E-state index contributed by atoms with van der Waals surface area (Å²) in [6.07, 6.45) is 6.34. The molecule has 7 nitrogen and oxygen atoms in total. The maximum absolute atomic E-state index is 12.4. The van der Waals surface area contributed by atoms with Crippen LogP contribution in [0.15, 0.2) is 0 Å². The highest BCUT2D eigenvalue weighted by Gasteiger charge is 2.32. The van der Waals surface area contributed by atoms with Crippen molar-refractivity contribution in [3.8, 4) is 0 Å². The van der Waals surface area contributed by atoms with Gasteiger partial charge < -0.3 is 20.4 Å². The smallest absolute Gasteiger partial charge is 0.317 e. The lowest BCUT2D eigenvalue weighted by Gasteiger charge is -2.25. The average molecular weight is 322 g/mol. The Kier molecular flexibility index (Phi) is 5.03. The van der Waals surface area contributed by atoms with E-state index >= 15 is 0 Å². The van der Waals surface area contributed by atoms with Crippen LogP contribution in [0.1, 0.15) is 44.9 Å². The van der Waals surface area contributed by atoms with Gasteiger partial charge in [0.05, 0.1) is 0 Å². The molecule has 0 aromatic carbocycles. The number of carbonyl (C=O) groups excluding carboxylic acids is 3. The van der Waals surface area contributed by atoms with Crippen molar-refractivity contribution >= 4 is 17.8 Å². The Labute approximate surface area is 136 Å². The maximum Gasteiger partial charge on any atom is 0.317 e. The normalized spacial score (nSPS) is 26.1. The van der Waals surface area contributed by atoms with E-state index in [9.17, 15) is 14.4 Å². The fourth-order valence-electron chi connectivity index (χ4n) is 3.70. The van der Waals surface area contributed by atoms with Crippen molar-refractivity contribution in [3.63, 3.8) is 0 Å². The first-order valence-electron chi connectivity index (χ1n) is 8.77. The van der Waals surface area contributed by atoms with Crippen molar-refractivity contribution in [2.45, 2.75) is 57.0 Å². The number of amides is 4. The van der Waals surface area contributed by atoms with E-state index in [1.807, 2.05) is 4.90 Å². The third kappa shape index (κ3) is 3.95. The third-order valence-electron chi connectivity index (χ3n) is 5.07. The van der Waals surface area contributed by atoms with Crippen molar-refractivity contribution in [1.82, 2.24) is 20.4 Å².